The molecule has 0 aliphatic carbocycles. The molecule has 0 N–H and O–H groups in total. The Labute approximate surface area is 118 Å². The maximum absolute atomic E-state index is 12.5. The van der Waals surface area contributed by atoms with Gasteiger partial charge >= 0.3 is 12.0 Å². The lowest BCUT2D eigenvalue weighted by Gasteiger charge is -2.29. The molecule has 7 nitrogen and oxygen atoms in total. The Bertz CT molecular complexity index is 522. The third-order valence-corrected chi connectivity index (χ3v) is 3.57. The van der Waals surface area contributed by atoms with E-state index in [2.05, 4.69) is 5.10 Å². The second kappa shape index (κ2) is 5.52. The third-order valence-electron chi connectivity index (χ3n) is 3.57. The van der Waals surface area contributed by atoms with E-state index in [0.717, 1.165) is 11.3 Å². The van der Waals surface area contributed by atoms with Crippen LogP contribution in [0.15, 0.2) is 6.20 Å². The topological polar surface area (TPSA) is 67.7 Å². The molecule has 1 unspecified atom stereocenters. The summed E-state index contributed by atoms with van der Waals surface area (Å²) in [7, 11) is 3.12. The SMILES string of the molecule is CCN(CC)C(=O)N1Cc2nn(C)cc2C1C(=O)OC. The van der Waals surface area contributed by atoms with E-state index < -0.39 is 12.0 Å². The number of hydrogen-bond donors (Lipinski definition) is 0. The highest BCUT2D eigenvalue weighted by Crippen LogP contribution is 2.34. The second-order valence-corrected chi connectivity index (χ2v) is 4.71. The Morgan fingerprint density at radius 3 is 2.65 bits per heavy atom. The van der Waals surface area contributed by atoms with Crippen molar-refractivity contribution in [1.82, 2.24) is 19.6 Å². The molecule has 1 atom stereocenters. The van der Waals surface area contributed by atoms with Gasteiger partial charge in [0.2, 0.25) is 0 Å². The van der Waals surface area contributed by atoms with E-state index in [0.29, 0.717) is 19.6 Å². The number of carbonyl (C=O) groups excluding carboxylic acids is 2. The Morgan fingerprint density at radius 2 is 2.10 bits per heavy atom. The first-order valence-electron chi connectivity index (χ1n) is 6.69. The van der Waals surface area contributed by atoms with Crippen LogP contribution in [-0.4, -0.2) is 51.8 Å². The van der Waals surface area contributed by atoms with Crippen LogP contribution in [0.4, 0.5) is 4.79 Å². The summed E-state index contributed by atoms with van der Waals surface area (Å²) in [5.74, 6) is -0.433. The van der Waals surface area contributed by atoms with Crippen molar-refractivity contribution in [3.05, 3.63) is 17.5 Å². The van der Waals surface area contributed by atoms with Crippen molar-refractivity contribution in [2.24, 2.45) is 7.05 Å². The minimum atomic E-state index is -0.697. The number of carbonyl (C=O) groups is 2. The van der Waals surface area contributed by atoms with E-state index in [1.165, 1.54) is 12.0 Å². The fraction of sp³-hybridized carbons (Fsp3) is 0.615. The normalized spacial score (nSPS) is 17.0. The molecule has 1 aromatic rings. The monoisotopic (exact) mass is 280 g/mol. The van der Waals surface area contributed by atoms with Crippen molar-refractivity contribution >= 4 is 12.0 Å². The Morgan fingerprint density at radius 1 is 1.45 bits per heavy atom. The van der Waals surface area contributed by atoms with Gasteiger partial charge in [0, 0.05) is 31.9 Å². The van der Waals surface area contributed by atoms with Gasteiger partial charge in [-0.2, -0.15) is 5.10 Å². The molecule has 0 aromatic carbocycles. The van der Waals surface area contributed by atoms with Gasteiger partial charge in [0.15, 0.2) is 6.04 Å². The number of urea groups is 1. The lowest BCUT2D eigenvalue weighted by atomic mass is 10.1. The highest BCUT2D eigenvalue weighted by atomic mass is 16.5. The molecule has 1 aliphatic rings. The van der Waals surface area contributed by atoms with Crippen molar-refractivity contribution in [2.75, 3.05) is 20.2 Å². The average molecular weight is 280 g/mol. The summed E-state index contributed by atoms with van der Waals surface area (Å²) in [6.07, 6.45) is 1.77. The van der Waals surface area contributed by atoms with Crippen LogP contribution in [0.3, 0.4) is 0 Å². The standard InChI is InChI=1S/C13H20N4O3/c1-5-16(6-2)13(19)17-8-10-9(7-15(3)14-10)11(17)12(18)20-4/h7,11H,5-6,8H2,1-4H3. The first-order chi connectivity index (χ1) is 9.53. The van der Waals surface area contributed by atoms with Gasteiger partial charge in [-0.15, -0.1) is 0 Å². The first kappa shape index (κ1) is 14.4. The molecule has 1 aliphatic heterocycles. The molecule has 110 valence electrons. The van der Waals surface area contributed by atoms with Crippen molar-refractivity contribution in [2.45, 2.75) is 26.4 Å². The fourth-order valence-electron chi connectivity index (χ4n) is 2.54. The number of amides is 2. The van der Waals surface area contributed by atoms with Crippen LogP contribution in [0, 0.1) is 0 Å². The minimum Gasteiger partial charge on any atom is -0.467 e. The van der Waals surface area contributed by atoms with Crippen LogP contribution >= 0.6 is 0 Å². The Kier molecular flexibility index (Phi) is 3.96. The molecule has 0 saturated heterocycles. The molecular formula is C13H20N4O3. The molecular weight excluding hydrogens is 260 g/mol. The summed E-state index contributed by atoms with van der Waals surface area (Å²) in [5, 5.41) is 4.30. The van der Waals surface area contributed by atoms with Gasteiger partial charge in [0.05, 0.1) is 19.3 Å². The quantitative estimate of drug-likeness (QED) is 0.772. The molecule has 0 fully saturated rings. The van der Waals surface area contributed by atoms with Crippen LogP contribution in [0.25, 0.3) is 0 Å². The van der Waals surface area contributed by atoms with E-state index in [1.54, 1.807) is 22.8 Å². The predicted molar refractivity (Wildman–Crippen MR) is 71.8 cm³/mol. The number of hydrogen-bond acceptors (Lipinski definition) is 4. The van der Waals surface area contributed by atoms with Crippen LogP contribution in [-0.2, 0) is 23.1 Å². The second-order valence-electron chi connectivity index (χ2n) is 4.71. The van der Waals surface area contributed by atoms with Crippen LogP contribution in [0.2, 0.25) is 0 Å². The summed E-state index contributed by atoms with van der Waals surface area (Å²) < 4.78 is 6.49. The van der Waals surface area contributed by atoms with Crippen LogP contribution < -0.4 is 0 Å². The molecule has 0 bridgehead atoms. The fourth-order valence-corrected chi connectivity index (χ4v) is 2.54. The molecule has 2 amide bonds. The molecule has 2 heterocycles. The molecule has 1 aromatic heterocycles. The average Bonchev–Trinajstić information content (AvgIpc) is 2.94. The Balaban J connectivity index is 2.33. The summed E-state index contributed by atoms with van der Waals surface area (Å²) in [6, 6.07) is -0.858. The number of methoxy groups -OCH3 is 1. The van der Waals surface area contributed by atoms with E-state index >= 15 is 0 Å². The number of fused-ring (bicyclic) bond motifs is 1. The molecule has 2 rings (SSSR count). The minimum absolute atomic E-state index is 0.161. The van der Waals surface area contributed by atoms with E-state index in [1.807, 2.05) is 13.8 Å². The molecule has 0 saturated carbocycles. The summed E-state index contributed by atoms with van der Waals surface area (Å²) in [6.45, 7) is 5.37. The van der Waals surface area contributed by atoms with Crippen LogP contribution in [0.5, 0.6) is 0 Å². The predicted octanol–water partition coefficient (Wildman–Crippen LogP) is 0.912. The highest BCUT2D eigenvalue weighted by Gasteiger charge is 2.42. The van der Waals surface area contributed by atoms with Crippen molar-refractivity contribution in [3.8, 4) is 0 Å². The zero-order chi connectivity index (χ0) is 14.9. The smallest absolute Gasteiger partial charge is 0.333 e. The van der Waals surface area contributed by atoms with Gasteiger partial charge in [-0.3, -0.25) is 4.68 Å². The number of nitrogens with zero attached hydrogens (tertiary/aromatic N) is 4. The largest absolute Gasteiger partial charge is 0.467 e. The van der Waals surface area contributed by atoms with Gasteiger partial charge in [-0.05, 0) is 13.8 Å². The van der Waals surface area contributed by atoms with E-state index in [-0.39, 0.29) is 6.03 Å². The molecule has 0 radical (unpaired) electrons. The Hall–Kier alpha value is -2.05. The lowest BCUT2D eigenvalue weighted by Crippen LogP contribution is -2.44. The maximum Gasteiger partial charge on any atom is 0.333 e. The number of esters is 1. The number of aromatic nitrogens is 2. The zero-order valence-electron chi connectivity index (χ0n) is 12.3. The van der Waals surface area contributed by atoms with Crippen LogP contribution in [0.1, 0.15) is 31.1 Å². The van der Waals surface area contributed by atoms with Gasteiger partial charge in [0.1, 0.15) is 0 Å². The first-order valence-corrected chi connectivity index (χ1v) is 6.69. The molecule has 20 heavy (non-hydrogen) atoms. The number of rotatable bonds is 3. The third kappa shape index (κ3) is 2.23. The summed E-state index contributed by atoms with van der Waals surface area (Å²) in [5.41, 5.74) is 1.50. The van der Waals surface area contributed by atoms with Crippen molar-refractivity contribution in [3.63, 3.8) is 0 Å². The molecule has 0 spiro atoms. The van der Waals surface area contributed by atoms with Crippen molar-refractivity contribution in [1.29, 1.82) is 0 Å². The van der Waals surface area contributed by atoms with Gasteiger partial charge in [-0.1, -0.05) is 0 Å². The highest BCUT2D eigenvalue weighted by molar-refractivity contribution is 5.86. The maximum atomic E-state index is 12.5. The van der Waals surface area contributed by atoms with Gasteiger partial charge < -0.3 is 14.5 Å². The summed E-state index contributed by atoms with van der Waals surface area (Å²) >= 11 is 0. The van der Waals surface area contributed by atoms with E-state index in [4.69, 9.17) is 4.74 Å². The molecule has 7 heteroatoms. The lowest BCUT2D eigenvalue weighted by molar-refractivity contribution is -0.146. The summed E-state index contributed by atoms with van der Waals surface area (Å²) in [4.78, 5) is 27.7. The van der Waals surface area contributed by atoms with Gasteiger partial charge in [-0.25, -0.2) is 9.59 Å². The number of aryl methyl sites for hydroxylation is 1. The van der Waals surface area contributed by atoms with E-state index in [9.17, 15) is 9.59 Å². The van der Waals surface area contributed by atoms with Crippen molar-refractivity contribution < 1.29 is 14.3 Å². The number of ether oxygens (including phenoxy) is 1. The van der Waals surface area contributed by atoms with Gasteiger partial charge in [0.25, 0.3) is 0 Å². The zero-order valence-corrected chi connectivity index (χ0v) is 12.3.